The molecule has 72 valence electrons. The second kappa shape index (κ2) is 5.21. The number of benzene rings is 1. The van der Waals surface area contributed by atoms with Crippen LogP contribution in [0.4, 0.5) is 0 Å². The maximum Gasteiger partial charge on any atom is 0.159 e. The smallest absolute Gasteiger partial charge is 0.159 e. The van der Waals surface area contributed by atoms with Crippen LogP contribution in [-0.4, -0.2) is 12.3 Å². The van der Waals surface area contributed by atoms with Gasteiger partial charge in [-0.15, -0.1) is 0 Å². The average Bonchev–Trinajstić information content (AvgIpc) is 2.19. The summed E-state index contributed by atoms with van der Waals surface area (Å²) in [7, 11) is 0. The van der Waals surface area contributed by atoms with Crippen LogP contribution in [0.2, 0.25) is 0 Å². The van der Waals surface area contributed by atoms with Gasteiger partial charge in [0, 0.05) is 24.1 Å². The molecule has 0 spiro atoms. The topological polar surface area (TPSA) is 43.1 Å². The van der Waals surface area contributed by atoms with Crippen LogP contribution >= 0.6 is 0 Å². The Balaban J connectivity index is 2.75. The number of nitrogens with two attached hydrogens (primary N) is 1. The maximum atomic E-state index is 11.0. The second-order valence-electron chi connectivity index (χ2n) is 2.97. The Morgan fingerprint density at radius 1 is 1.36 bits per heavy atom. The zero-order valence-corrected chi connectivity index (χ0v) is 8.21. The summed E-state index contributed by atoms with van der Waals surface area (Å²) in [6.45, 7) is 2.13. The highest BCUT2D eigenvalue weighted by Gasteiger charge is 1.96. The van der Waals surface area contributed by atoms with Crippen molar-refractivity contribution in [3.05, 3.63) is 35.4 Å². The highest BCUT2D eigenvalue weighted by Crippen LogP contribution is 2.03. The Labute approximate surface area is 84.1 Å². The number of carbonyl (C=O) groups excluding carboxylic acids is 1. The fourth-order valence-corrected chi connectivity index (χ4v) is 1.03. The molecule has 0 heterocycles. The second-order valence-corrected chi connectivity index (χ2v) is 2.97. The highest BCUT2D eigenvalue weighted by molar-refractivity contribution is 5.94. The number of hydrogen-bond acceptors (Lipinski definition) is 2. The van der Waals surface area contributed by atoms with E-state index in [0.29, 0.717) is 13.0 Å². The van der Waals surface area contributed by atoms with Gasteiger partial charge in [0.2, 0.25) is 0 Å². The van der Waals surface area contributed by atoms with Crippen LogP contribution in [0.5, 0.6) is 0 Å². The van der Waals surface area contributed by atoms with E-state index in [0.717, 1.165) is 11.1 Å². The van der Waals surface area contributed by atoms with Crippen LogP contribution in [0.15, 0.2) is 24.3 Å². The van der Waals surface area contributed by atoms with Gasteiger partial charge in [-0.2, -0.15) is 0 Å². The summed E-state index contributed by atoms with van der Waals surface area (Å²) in [6.07, 6.45) is 0.703. The molecule has 1 rings (SSSR count). The first kappa shape index (κ1) is 10.5. The molecule has 1 aromatic carbocycles. The summed E-state index contributed by atoms with van der Waals surface area (Å²) >= 11 is 0. The van der Waals surface area contributed by atoms with Crippen molar-refractivity contribution in [3.8, 4) is 11.8 Å². The lowest BCUT2D eigenvalue weighted by Crippen LogP contribution is -1.95. The molecule has 0 aromatic heterocycles. The number of hydrogen-bond donors (Lipinski definition) is 1. The van der Waals surface area contributed by atoms with Gasteiger partial charge in [-0.3, -0.25) is 4.79 Å². The Morgan fingerprint density at radius 3 is 2.50 bits per heavy atom. The zero-order valence-electron chi connectivity index (χ0n) is 8.21. The molecule has 0 radical (unpaired) electrons. The summed E-state index contributed by atoms with van der Waals surface area (Å²) in [6, 6.07) is 7.27. The minimum absolute atomic E-state index is 0.0754. The van der Waals surface area contributed by atoms with Gasteiger partial charge in [0.05, 0.1) is 0 Å². The third-order valence-corrected chi connectivity index (χ3v) is 1.79. The molecule has 0 atom stereocenters. The molecule has 0 amide bonds. The van der Waals surface area contributed by atoms with Crippen molar-refractivity contribution in [2.45, 2.75) is 13.3 Å². The van der Waals surface area contributed by atoms with Crippen molar-refractivity contribution < 1.29 is 4.79 Å². The predicted octanol–water partition coefficient (Wildman–Crippen LogP) is 1.59. The van der Waals surface area contributed by atoms with Crippen LogP contribution in [0.3, 0.4) is 0 Å². The Morgan fingerprint density at radius 2 is 2.00 bits per heavy atom. The van der Waals surface area contributed by atoms with E-state index >= 15 is 0 Å². The van der Waals surface area contributed by atoms with Gasteiger partial charge in [0.15, 0.2) is 5.78 Å². The monoisotopic (exact) mass is 187 g/mol. The lowest BCUT2D eigenvalue weighted by atomic mass is 10.1. The van der Waals surface area contributed by atoms with E-state index in [-0.39, 0.29) is 5.78 Å². The quantitative estimate of drug-likeness (QED) is 0.564. The first-order valence-corrected chi connectivity index (χ1v) is 4.54. The van der Waals surface area contributed by atoms with Gasteiger partial charge in [0.25, 0.3) is 0 Å². The highest BCUT2D eigenvalue weighted by atomic mass is 16.1. The minimum Gasteiger partial charge on any atom is -0.330 e. The van der Waals surface area contributed by atoms with E-state index in [1.54, 1.807) is 19.1 Å². The molecule has 2 heteroatoms. The number of carbonyl (C=O) groups is 1. The van der Waals surface area contributed by atoms with Crippen LogP contribution in [0.1, 0.15) is 29.3 Å². The third kappa shape index (κ3) is 3.04. The van der Waals surface area contributed by atoms with E-state index in [9.17, 15) is 4.79 Å². The number of Topliss-reactive ketones (excluding diaryl/α,β-unsaturated/α-hetero) is 1. The van der Waals surface area contributed by atoms with Gasteiger partial charge in [0.1, 0.15) is 0 Å². The molecule has 0 bridgehead atoms. The molecule has 0 aliphatic rings. The average molecular weight is 187 g/mol. The number of rotatable bonds is 2. The van der Waals surface area contributed by atoms with Gasteiger partial charge in [-0.1, -0.05) is 24.0 Å². The van der Waals surface area contributed by atoms with Gasteiger partial charge < -0.3 is 5.73 Å². The van der Waals surface area contributed by atoms with E-state index in [2.05, 4.69) is 11.8 Å². The minimum atomic E-state index is 0.0754. The van der Waals surface area contributed by atoms with E-state index < -0.39 is 0 Å². The molecule has 0 aliphatic heterocycles. The van der Waals surface area contributed by atoms with E-state index in [1.807, 2.05) is 12.1 Å². The molecule has 0 saturated heterocycles. The Bertz CT molecular complexity index is 368. The molecule has 0 saturated carbocycles. The molecule has 2 nitrogen and oxygen atoms in total. The molecule has 2 N–H and O–H groups in total. The fraction of sp³-hybridized carbons (Fsp3) is 0.250. The van der Waals surface area contributed by atoms with Crippen molar-refractivity contribution in [3.63, 3.8) is 0 Å². The molecular weight excluding hydrogens is 174 g/mol. The summed E-state index contributed by atoms with van der Waals surface area (Å²) < 4.78 is 0. The molecule has 0 fully saturated rings. The van der Waals surface area contributed by atoms with Crippen molar-refractivity contribution in [2.24, 2.45) is 5.73 Å². The summed E-state index contributed by atoms with van der Waals surface area (Å²) in [4.78, 5) is 11.0. The van der Waals surface area contributed by atoms with E-state index in [4.69, 9.17) is 5.73 Å². The zero-order chi connectivity index (χ0) is 10.4. The Hall–Kier alpha value is -1.59. The molecule has 14 heavy (non-hydrogen) atoms. The summed E-state index contributed by atoms with van der Waals surface area (Å²) in [5.41, 5.74) is 6.95. The summed E-state index contributed by atoms with van der Waals surface area (Å²) in [5.74, 6) is 5.99. The van der Waals surface area contributed by atoms with Crippen molar-refractivity contribution in [1.82, 2.24) is 0 Å². The van der Waals surface area contributed by atoms with E-state index in [1.165, 1.54) is 0 Å². The lowest BCUT2D eigenvalue weighted by Gasteiger charge is -1.94. The van der Waals surface area contributed by atoms with Crippen molar-refractivity contribution >= 4 is 5.78 Å². The largest absolute Gasteiger partial charge is 0.330 e. The first-order valence-electron chi connectivity index (χ1n) is 4.54. The van der Waals surface area contributed by atoms with Crippen molar-refractivity contribution in [1.29, 1.82) is 0 Å². The standard InChI is InChI=1S/C12H13NO/c1-10(14)12-7-5-11(6-8-12)4-2-3-9-13/h5-8H,3,9,13H2,1H3. The molecule has 0 aliphatic carbocycles. The summed E-state index contributed by atoms with van der Waals surface area (Å²) in [5, 5.41) is 0. The molecule has 0 unspecified atom stereocenters. The number of ketones is 1. The molecular formula is C12H13NO. The van der Waals surface area contributed by atoms with Crippen molar-refractivity contribution in [2.75, 3.05) is 6.54 Å². The lowest BCUT2D eigenvalue weighted by molar-refractivity contribution is 0.101. The predicted molar refractivity (Wildman–Crippen MR) is 57.0 cm³/mol. The van der Waals surface area contributed by atoms with Gasteiger partial charge in [-0.25, -0.2) is 0 Å². The third-order valence-electron chi connectivity index (χ3n) is 1.79. The van der Waals surface area contributed by atoms with Crippen LogP contribution < -0.4 is 5.73 Å². The normalized spacial score (nSPS) is 9.00. The van der Waals surface area contributed by atoms with Gasteiger partial charge >= 0.3 is 0 Å². The Kier molecular flexibility index (Phi) is 3.90. The van der Waals surface area contributed by atoms with Crippen LogP contribution in [-0.2, 0) is 0 Å². The SMILES string of the molecule is CC(=O)c1ccc(C#CCCN)cc1. The maximum absolute atomic E-state index is 11.0. The van der Waals surface area contributed by atoms with Gasteiger partial charge in [-0.05, 0) is 19.1 Å². The molecule has 1 aromatic rings. The fourth-order valence-electron chi connectivity index (χ4n) is 1.03. The first-order chi connectivity index (χ1) is 6.74. The van der Waals surface area contributed by atoms with Crippen LogP contribution in [0.25, 0.3) is 0 Å². The van der Waals surface area contributed by atoms with Crippen LogP contribution in [0, 0.1) is 11.8 Å².